The van der Waals surface area contributed by atoms with Gasteiger partial charge in [-0.1, -0.05) is 18.2 Å². The number of hydrogen-bond donors (Lipinski definition) is 0. The van der Waals surface area contributed by atoms with Crippen LogP contribution in [-0.2, 0) is 7.05 Å². The molecule has 0 N–H and O–H groups in total. The van der Waals surface area contributed by atoms with Crippen LogP contribution >= 0.6 is 15.9 Å². The van der Waals surface area contributed by atoms with E-state index in [1.807, 2.05) is 0 Å². The molecule has 62 valence electrons. The molecule has 0 fully saturated rings. The van der Waals surface area contributed by atoms with Crippen molar-refractivity contribution in [3.63, 3.8) is 0 Å². The highest BCUT2D eigenvalue weighted by Gasteiger charge is 2.03. The molecule has 2 heteroatoms. The third kappa shape index (κ3) is 0.985. The summed E-state index contributed by atoms with van der Waals surface area (Å²) in [7, 11) is 2.07. The van der Waals surface area contributed by atoms with Gasteiger partial charge in [0.1, 0.15) is 0 Å². The molecule has 0 aliphatic carbocycles. The number of para-hydroxylation sites is 1. The van der Waals surface area contributed by atoms with Gasteiger partial charge in [0.15, 0.2) is 0 Å². The van der Waals surface area contributed by atoms with Gasteiger partial charge in [0.25, 0.3) is 0 Å². The van der Waals surface area contributed by atoms with Gasteiger partial charge in [-0.2, -0.15) is 0 Å². The third-order valence-electron chi connectivity index (χ3n) is 2.20. The minimum atomic E-state index is 1.13. The Morgan fingerprint density at radius 2 is 2.08 bits per heavy atom. The van der Waals surface area contributed by atoms with Crippen LogP contribution in [0.2, 0.25) is 0 Å². The zero-order valence-electron chi connectivity index (χ0n) is 7.13. The molecule has 0 amide bonds. The Hall–Kier alpha value is -0.760. The summed E-state index contributed by atoms with van der Waals surface area (Å²) >= 11 is 3.51. The minimum Gasteiger partial charge on any atom is -0.338 e. The Morgan fingerprint density at radius 3 is 2.75 bits per heavy atom. The first kappa shape index (κ1) is 7.87. The first-order valence-electron chi connectivity index (χ1n) is 3.90. The lowest BCUT2D eigenvalue weighted by Crippen LogP contribution is -1.88. The van der Waals surface area contributed by atoms with Crippen molar-refractivity contribution in [2.24, 2.45) is 7.05 Å². The molecule has 0 atom stereocenters. The highest BCUT2D eigenvalue weighted by molar-refractivity contribution is 9.10. The minimum absolute atomic E-state index is 1.13. The van der Waals surface area contributed by atoms with Crippen LogP contribution in [-0.4, -0.2) is 4.57 Å². The molecule has 2 aromatic rings. The maximum absolute atomic E-state index is 3.51. The van der Waals surface area contributed by atoms with Gasteiger partial charge < -0.3 is 4.57 Å². The summed E-state index contributed by atoms with van der Waals surface area (Å²) in [5.74, 6) is 0. The van der Waals surface area contributed by atoms with Crippen molar-refractivity contribution in [1.82, 2.24) is 4.57 Å². The van der Waals surface area contributed by atoms with E-state index in [4.69, 9.17) is 0 Å². The molecule has 0 unspecified atom stereocenters. The van der Waals surface area contributed by atoms with E-state index in [1.54, 1.807) is 0 Å². The largest absolute Gasteiger partial charge is 0.338 e. The van der Waals surface area contributed by atoms with Crippen LogP contribution in [0.4, 0.5) is 0 Å². The topological polar surface area (TPSA) is 4.93 Å². The van der Waals surface area contributed by atoms with Crippen LogP contribution < -0.4 is 0 Å². The number of benzene rings is 1. The second-order valence-corrected chi connectivity index (χ2v) is 3.85. The highest BCUT2D eigenvalue weighted by atomic mass is 79.9. The lowest BCUT2D eigenvalue weighted by molar-refractivity contribution is 0.937. The molecule has 1 aromatic heterocycles. The summed E-state index contributed by atoms with van der Waals surface area (Å²) in [6.07, 6.45) is 0. The normalized spacial score (nSPS) is 10.9. The predicted molar refractivity (Wildman–Crippen MR) is 55.4 cm³/mol. The van der Waals surface area contributed by atoms with Crippen LogP contribution in [0.15, 0.2) is 28.9 Å². The van der Waals surface area contributed by atoms with Crippen molar-refractivity contribution in [2.75, 3.05) is 0 Å². The Kier molecular flexibility index (Phi) is 1.72. The first-order chi connectivity index (χ1) is 5.70. The van der Waals surface area contributed by atoms with Crippen LogP contribution in [0, 0.1) is 6.92 Å². The van der Waals surface area contributed by atoms with Gasteiger partial charge >= 0.3 is 0 Å². The smallest absolute Gasteiger partial charge is 0.0854 e. The molecule has 0 aliphatic heterocycles. The van der Waals surface area contributed by atoms with Crippen LogP contribution in [0.1, 0.15) is 5.56 Å². The monoisotopic (exact) mass is 223 g/mol. The van der Waals surface area contributed by atoms with Crippen molar-refractivity contribution in [2.45, 2.75) is 6.92 Å². The number of hydrogen-bond acceptors (Lipinski definition) is 0. The molecule has 0 aliphatic rings. The van der Waals surface area contributed by atoms with E-state index in [-0.39, 0.29) is 0 Å². The first-order valence-corrected chi connectivity index (χ1v) is 4.70. The fourth-order valence-corrected chi connectivity index (χ4v) is 2.01. The predicted octanol–water partition coefficient (Wildman–Crippen LogP) is 3.25. The van der Waals surface area contributed by atoms with Crippen LogP contribution in [0.5, 0.6) is 0 Å². The van der Waals surface area contributed by atoms with Gasteiger partial charge in [-0.05, 0) is 34.5 Å². The van der Waals surface area contributed by atoms with E-state index in [1.165, 1.54) is 16.5 Å². The quantitative estimate of drug-likeness (QED) is 0.647. The number of halogens is 1. The number of aromatic nitrogens is 1. The van der Waals surface area contributed by atoms with E-state index in [0.29, 0.717) is 0 Å². The molecule has 1 heterocycles. The molecule has 1 nitrogen and oxygen atoms in total. The molecule has 0 saturated heterocycles. The van der Waals surface area contributed by atoms with Crippen LogP contribution in [0.3, 0.4) is 0 Å². The molecule has 0 radical (unpaired) electrons. The molecule has 12 heavy (non-hydrogen) atoms. The lowest BCUT2D eigenvalue weighted by Gasteiger charge is -2.00. The molecular formula is C10H10BrN. The summed E-state index contributed by atoms with van der Waals surface area (Å²) in [6, 6.07) is 8.49. The van der Waals surface area contributed by atoms with Gasteiger partial charge in [-0.15, -0.1) is 0 Å². The molecule has 0 saturated carbocycles. The summed E-state index contributed by atoms with van der Waals surface area (Å²) < 4.78 is 3.29. The van der Waals surface area contributed by atoms with E-state index in [2.05, 4.69) is 58.7 Å². The van der Waals surface area contributed by atoms with Gasteiger partial charge in [-0.3, -0.25) is 0 Å². The van der Waals surface area contributed by atoms with E-state index in [9.17, 15) is 0 Å². The maximum atomic E-state index is 3.51. The Balaban J connectivity index is 2.97. The molecular weight excluding hydrogens is 214 g/mol. The van der Waals surface area contributed by atoms with Crippen LogP contribution in [0.25, 0.3) is 10.9 Å². The number of aryl methyl sites for hydroxylation is 2. The second kappa shape index (κ2) is 2.63. The molecule has 1 aromatic carbocycles. The van der Waals surface area contributed by atoms with Crippen molar-refractivity contribution in [3.8, 4) is 0 Å². The molecule has 0 bridgehead atoms. The van der Waals surface area contributed by atoms with Gasteiger partial charge in [0.05, 0.1) is 10.1 Å². The zero-order valence-corrected chi connectivity index (χ0v) is 8.72. The van der Waals surface area contributed by atoms with Gasteiger partial charge in [0, 0.05) is 12.4 Å². The Morgan fingerprint density at radius 1 is 1.33 bits per heavy atom. The summed E-state index contributed by atoms with van der Waals surface area (Å²) in [4.78, 5) is 0. The Labute approximate surface area is 80.1 Å². The fraction of sp³-hybridized carbons (Fsp3) is 0.200. The van der Waals surface area contributed by atoms with Gasteiger partial charge in [-0.25, -0.2) is 0 Å². The third-order valence-corrected chi connectivity index (χ3v) is 2.96. The molecule has 2 rings (SSSR count). The maximum Gasteiger partial charge on any atom is 0.0854 e. The fourth-order valence-electron chi connectivity index (χ4n) is 1.59. The molecule has 0 spiro atoms. The highest BCUT2D eigenvalue weighted by Crippen LogP contribution is 2.24. The van der Waals surface area contributed by atoms with E-state index in [0.717, 1.165) is 4.60 Å². The van der Waals surface area contributed by atoms with Crippen molar-refractivity contribution in [3.05, 3.63) is 34.4 Å². The average molecular weight is 224 g/mol. The van der Waals surface area contributed by atoms with E-state index < -0.39 is 0 Å². The zero-order chi connectivity index (χ0) is 8.72. The number of fused-ring (bicyclic) bond motifs is 1. The summed E-state index contributed by atoms with van der Waals surface area (Å²) in [5, 5.41) is 1.30. The van der Waals surface area contributed by atoms with E-state index >= 15 is 0 Å². The van der Waals surface area contributed by atoms with Crippen molar-refractivity contribution >= 4 is 26.8 Å². The number of nitrogens with zero attached hydrogens (tertiary/aromatic N) is 1. The lowest BCUT2D eigenvalue weighted by atomic mass is 10.2. The van der Waals surface area contributed by atoms with Gasteiger partial charge in [0.2, 0.25) is 0 Å². The summed E-state index contributed by atoms with van der Waals surface area (Å²) in [5.41, 5.74) is 2.63. The van der Waals surface area contributed by atoms with Crippen molar-refractivity contribution in [1.29, 1.82) is 0 Å². The number of rotatable bonds is 0. The average Bonchev–Trinajstić information content (AvgIpc) is 2.29. The Bertz CT molecular complexity index is 429. The standard InChI is InChI=1S/C10H10BrN/c1-7-4-3-5-8-6-9(11)12(2)10(7)8/h3-6H,1-2H3. The summed E-state index contributed by atoms with van der Waals surface area (Å²) in [6.45, 7) is 2.13. The van der Waals surface area contributed by atoms with Crippen molar-refractivity contribution < 1.29 is 0 Å². The SMILES string of the molecule is Cc1cccc2cc(Br)n(C)c12. The second-order valence-electron chi connectivity index (χ2n) is 3.04.